The van der Waals surface area contributed by atoms with E-state index >= 15 is 0 Å². The Labute approximate surface area is 177 Å². The fraction of sp³-hybridized carbons (Fsp3) is 0.316. The maximum Gasteiger partial charge on any atom is 0.490 e. The number of aliphatic carboxylic acids is 1. The minimum Gasteiger partial charge on any atom is -0.504 e. The number of alkyl halides is 3. The number of carbonyl (C=O) groups excluding carboxylic acids is 1. The summed E-state index contributed by atoms with van der Waals surface area (Å²) < 4.78 is 41.8. The monoisotopic (exact) mass is 457 g/mol. The average molecular weight is 457 g/mol. The fourth-order valence-corrected chi connectivity index (χ4v) is 2.38. The van der Waals surface area contributed by atoms with Gasteiger partial charge < -0.3 is 24.7 Å². The molecular formula is C19H18F3N3O7. The van der Waals surface area contributed by atoms with Gasteiger partial charge in [-0.2, -0.15) is 13.2 Å². The number of nitrogens with one attached hydrogen (secondary N) is 1. The van der Waals surface area contributed by atoms with Gasteiger partial charge in [0.15, 0.2) is 17.1 Å². The van der Waals surface area contributed by atoms with E-state index in [-0.39, 0.29) is 35.0 Å². The van der Waals surface area contributed by atoms with E-state index in [1.165, 1.54) is 19.2 Å². The molecule has 0 amide bonds. The second-order valence-electron chi connectivity index (χ2n) is 6.28. The number of hydrogen-bond donors (Lipinski definition) is 3. The van der Waals surface area contributed by atoms with Crippen molar-refractivity contribution in [2.75, 3.05) is 13.7 Å². The SMILES string of the molecule is CCCCOC(=O)c1nc2nc3cc(OC)c(O)cc3cc2c(=O)[nH]1.O=C(O)C(F)(F)F. The number of esters is 1. The lowest BCUT2D eigenvalue weighted by atomic mass is 10.1. The van der Waals surface area contributed by atoms with Crippen LogP contribution in [0.25, 0.3) is 21.9 Å². The van der Waals surface area contributed by atoms with Crippen LogP contribution in [0.2, 0.25) is 0 Å². The van der Waals surface area contributed by atoms with Crippen molar-refractivity contribution in [3.63, 3.8) is 0 Å². The number of aromatic nitrogens is 3. The topological polar surface area (TPSA) is 152 Å². The number of ether oxygens (including phenoxy) is 2. The molecule has 0 spiro atoms. The van der Waals surface area contributed by atoms with Crippen LogP contribution in [0, 0.1) is 0 Å². The van der Waals surface area contributed by atoms with Gasteiger partial charge in [-0.15, -0.1) is 0 Å². The lowest BCUT2D eigenvalue weighted by Gasteiger charge is -2.07. The third-order valence-electron chi connectivity index (χ3n) is 3.96. The van der Waals surface area contributed by atoms with E-state index in [2.05, 4.69) is 15.0 Å². The molecule has 2 heterocycles. The highest BCUT2D eigenvalue weighted by molar-refractivity contribution is 5.94. The van der Waals surface area contributed by atoms with Gasteiger partial charge in [-0.25, -0.2) is 19.6 Å². The Balaban J connectivity index is 0.000000451. The Kier molecular flexibility index (Phi) is 7.57. The van der Waals surface area contributed by atoms with Crippen LogP contribution < -0.4 is 10.3 Å². The van der Waals surface area contributed by atoms with E-state index in [0.29, 0.717) is 10.9 Å². The Bertz CT molecular complexity index is 1210. The molecule has 0 fully saturated rings. The Morgan fingerprint density at radius 1 is 1.19 bits per heavy atom. The number of phenolic OH excluding ortho intramolecular Hbond substituents is 1. The summed E-state index contributed by atoms with van der Waals surface area (Å²) >= 11 is 0. The van der Waals surface area contributed by atoms with E-state index in [1.807, 2.05) is 6.92 Å². The number of carbonyl (C=O) groups is 2. The van der Waals surface area contributed by atoms with Crippen LogP contribution in [0.4, 0.5) is 13.2 Å². The number of nitrogens with zero attached hydrogens (tertiary/aromatic N) is 2. The molecule has 10 nitrogen and oxygen atoms in total. The highest BCUT2D eigenvalue weighted by atomic mass is 19.4. The smallest absolute Gasteiger partial charge is 0.490 e. The maximum absolute atomic E-state index is 12.3. The molecular weight excluding hydrogens is 439 g/mol. The summed E-state index contributed by atoms with van der Waals surface area (Å²) in [4.78, 5) is 43.9. The molecule has 0 saturated carbocycles. The van der Waals surface area contributed by atoms with Gasteiger partial charge in [0.2, 0.25) is 5.82 Å². The van der Waals surface area contributed by atoms with Crippen molar-refractivity contribution in [1.82, 2.24) is 15.0 Å². The molecule has 3 rings (SSSR count). The summed E-state index contributed by atoms with van der Waals surface area (Å²) in [6.45, 7) is 2.24. The highest BCUT2D eigenvalue weighted by Gasteiger charge is 2.38. The molecule has 172 valence electrons. The van der Waals surface area contributed by atoms with Gasteiger partial charge in [0.1, 0.15) is 0 Å². The van der Waals surface area contributed by atoms with Crippen molar-refractivity contribution >= 4 is 33.9 Å². The maximum atomic E-state index is 12.3. The summed E-state index contributed by atoms with van der Waals surface area (Å²) in [6.07, 6.45) is -3.47. The van der Waals surface area contributed by atoms with Gasteiger partial charge in [0.05, 0.1) is 24.6 Å². The molecule has 1 aromatic carbocycles. The third-order valence-corrected chi connectivity index (χ3v) is 3.96. The molecule has 2 aromatic heterocycles. The van der Waals surface area contributed by atoms with Crippen molar-refractivity contribution < 1.29 is 42.4 Å². The lowest BCUT2D eigenvalue weighted by molar-refractivity contribution is -0.192. The number of fused-ring (bicyclic) bond motifs is 2. The number of halogens is 3. The number of unbranched alkanes of at least 4 members (excludes halogenated alkanes) is 1. The first-order valence-corrected chi connectivity index (χ1v) is 9.07. The molecule has 0 aliphatic rings. The number of hydrogen-bond acceptors (Lipinski definition) is 8. The molecule has 0 radical (unpaired) electrons. The van der Waals surface area contributed by atoms with Crippen molar-refractivity contribution in [2.24, 2.45) is 0 Å². The van der Waals surface area contributed by atoms with Gasteiger partial charge in [-0.3, -0.25) is 4.79 Å². The molecule has 3 N–H and O–H groups in total. The second kappa shape index (κ2) is 9.94. The Morgan fingerprint density at radius 2 is 1.84 bits per heavy atom. The summed E-state index contributed by atoms with van der Waals surface area (Å²) in [5.41, 5.74) is 0.0918. The van der Waals surface area contributed by atoms with Gasteiger partial charge in [0, 0.05) is 11.5 Å². The molecule has 0 aliphatic heterocycles. The van der Waals surface area contributed by atoms with Gasteiger partial charge in [0.25, 0.3) is 5.56 Å². The number of aromatic hydroxyl groups is 1. The predicted molar refractivity (Wildman–Crippen MR) is 105 cm³/mol. The van der Waals surface area contributed by atoms with E-state index in [9.17, 15) is 27.9 Å². The molecule has 0 atom stereocenters. The number of H-pyrrole nitrogens is 1. The van der Waals surface area contributed by atoms with Crippen molar-refractivity contribution in [3.8, 4) is 11.5 Å². The third kappa shape index (κ3) is 5.83. The van der Waals surface area contributed by atoms with Gasteiger partial charge >= 0.3 is 18.1 Å². The number of pyridine rings is 1. The number of phenols is 1. The number of aromatic amines is 1. The lowest BCUT2D eigenvalue weighted by Crippen LogP contribution is -2.21. The summed E-state index contributed by atoms with van der Waals surface area (Å²) in [5, 5.41) is 17.7. The van der Waals surface area contributed by atoms with Crippen molar-refractivity contribution in [3.05, 3.63) is 34.4 Å². The van der Waals surface area contributed by atoms with Crippen LogP contribution >= 0.6 is 0 Å². The normalized spacial score (nSPS) is 11.0. The van der Waals surface area contributed by atoms with Crippen LogP contribution in [0.5, 0.6) is 11.5 Å². The zero-order chi connectivity index (χ0) is 24.1. The zero-order valence-electron chi connectivity index (χ0n) is 16.8. The van der Waals surface area contributed by atoms with Crippen LogP contribution in [0.3, 0.4) is 0 Å². The summed E-state index contributed by atoms with van der Waals surface area (Å²) in [7, 11) is 1.43. The summed E-state index contributed by atoms with van der Waals surface area (Å²) in [5.74, 6) is -3.45. The van der Waals surface area contributed by atoms with Gasteiger partial charge in [-0.1, -0.05) is 13.3 Å². The van der Waals surface area contributed by atoms with Crippen LogP contribution in [-0.2, 0) is 9.53 Å². The van der Waals surface area contributed by atoms with Crippen LogP contribution in [0.15, 0.2) is 23.0 Å². The average Bonchev–Trinajstić information content (AvgIpc) is 2.72. The standard InChI is InChI=1S/C17H17N3O5.C2HF3O2/c1-3-4-5-25-17(23)15-19-14-10(16(22)20-15)6-9-7-12(21)13(24-2)8-11(9)18-14;3-2(4,5)1(6)7/h6-8,21H,3-5H2,1-2H3,(H,18,19,20,22);(H,6,7). The number of carboxylic acids is 1. The van der Waals surface area contributed by atoms with Crippen molar-refractivity contribution in [2.45, 2.75) is 25.9 Å². The molecule has 13 heteroatoms. The number of methoxy groups -OCH3 is 1. The predicted octanol–water partition coefficient (Wildman–Crippen LogP) is 2.78. The highest BCUT2D eigenvalue weighted by Crippen LogP contribution is 2.31. The first-order valence-electron chi connectivity index (χ1n) is 9.07. The number of benzene rings is 1. The minimum absolute atomic E-state index is 0.0586. The molecule has 0 saturated heterocycles. The second-order valence-corrected chi connectivity index (χ2v) is 6.28. The molecule has 32 heavy (non-hydrogen) atoms. The molecule has 3 aromatic rings. The van der Waals surface area contributed by atoms with E-state index in [4.69, 9.17) is 19.4 Å². The number of carboxylic acid groups (broad SMARTS) is 1. The summed E-state index contributed by atoms with van der Waals surface area (Å²) in [6, 6.07) is 4.54. The minimum atomic E-state index is -5.08. The van der Waals surface area contributed by atoms with E-state index < -0.39 is 23.7 Å². The fourth-order valence-electron chi connectivity index (χ4n) is 2.38. The largest absolute Gasteiger partial charge is 0.504 e. The number of rotatable bonds is 5. The Hall–Kier alpha value is -3.90. The first kappa shape index (κ1) is 24.4. The quantitative estimate of drug-likeness (QED) is 0.298. The molecule has 0 aliphatic carbocycles. The Morgan fingerprint density at radius 3 is 2.41 bits per heavy atom. The van der Waals surface area contributed by atoms with Crippen molar-refractivity contribution in [1.29, 1.82) is 0 Å². The zero-order valence-corrected chi connectivity index (χ0v) is 16.8. The van der Waals surface area contributed by atoms with Crippen LogP contribution in [-0.4, -0.2) is 57.0 Å². The van der Waals surface area contributed by atoms with Gasteiger partial charge in [-0.05, 0) is 18.6 Å². The molecule has 0 unspecified atom stereocenters. The van der Waals surface area contributed by atoms with Crippen LogP contribution in [0.1, 0.15) is 30.4 Å². The van der Waals surface area contributed by atoms with E-state index in [0.717, 1.165) is 12.8 Å². The first-order chi connectivity index (χ1) is 15.0. The molecule has 0 bridgehead atoms. The van der Waals surface area contributed by atoms with E-state index in [1.54, 1.807) is 6.07 Å².